The van der Waals surface area contributed by atoms with Crippen LogP contribution in [0.15, 0.2) is 27.9 Å². The van der Waals surface area contributed by atoms with Gasteiger partial charge in [-0.05, 0) is 6.08 Å². The third-order valence-corrected chi connectivity index (χ3v) is 1.18. The van der Waals surface area contributed by atoms with Gasteiger partial charge < -0.3 is 0 Å². The quantitative estimate of drug-likeness (QED) is 0.462. The Bertz CT molecular complexity index is 413. The highest BCUT2D eigenvalue weighted by atomic mass is 16.2. The number of aromatic amines is 1. The Morgan fingerprint density at radius 2 is 2.17 bits per heavy atom. The minimum Gasteiger partial charge on any atom is -0.299 e. The predicted octanol–water partition coefficient (Wildman–Crippen LogP) is -0.794. The van der Waals surface area contributed by atoms with Crippen LogP contribution in [0.3, 0.4) is 0 Å². The molecule has 0 spiro atoms. The number of hydrogen-bond donors (Lipinski definition) is 1. The largest absolute Gasteiger partial charge is 0.332 e. The van der Waals surface area contributed by atoms with Crippen molar-refractivity contribution in [1.29, 1.82) is 0 Å². The van der Waals surface area contributed by atoms with Gasteiger partial charge in [0.25, 0.3) is 5.56 Å². The molecule has 1 N–H and O–H groups in total. The van der Waals surface area contributed by atoms with Crippen molar-refractivity contribution < 1.29 is 4.79 Å². The highest BCUT2D eigenvalue weighted by Crippen LogP contribution is 1.75. The summed E-state index contributed by atoms with van der Waals surface area (Å²) < 4.78 is 1.09. The van der Waals surface area contributed by atoms with Crippen molar-refractivity contribution in [3.8, 4) is 0 Å². The van der Waals surface area contributed by atoms with Crippen molar-refractivity contribution >= 4 is 12.5 Å². The van der Waals surface area contributed by atoms with Crippen molar-refractivity contribution in [3.63, 3.8) is 0 Å². The molecule has 0 saturated heterocycles. The summed E-state index contributed by atoms with van der Waals surface area (Å²) in [6, 6.07) is 1.19. The lowest BCUT2D eigenvalue weighted by Gasteiger charge is -1.92. The van der Waals surface area contributed by atoms with Crippen LogP contribution < -0.4 is 11.2 Å². The molecular weight excluding hydrogens is 160 g/mol. The van der Waals surface area contributed by atoms with Crippen LogP contribution in [0.5, 0.6) is 0 Å². The van der Waals surface area contributed by atoms with Gasteiger partial charge >= 0.3 is 5.69 Å². The molecule has 12 heavy (non-hydrogen) atoms. The van der Waals surface area contributed by atoms with E-state index < -0.39 is 11.2 Å². The summed E-state index contributed by atoms with van der Waals surface area (Å²) >= 11 is 0. The van der Waals surface area contributed by atoms with Crippen LogP contribution in [0.2, 0.25) is 0 Å². The van der Waals surface area contributed by atoms with Crippen molar-refractivity contribution in [2.24, 2.45) is 0 Å². The summed E-state index contributed by atoms with van der Waals surface area (Å²) in [5, 5.41) is 0. The van der Waals surface area contributed by atoms with E-state index in [2.05, 4.69) is 0 Å². The van der Waals surface area contributed by atoms with E-state index in [9.17, 15) is 14.4 Å². The lowest BCUT2D eigenvalue weighted by molar-refractivity contribution is -0.104. The van der Waals surface area contributed by atoms with E-state index in [0.29, 0.717) is 6.29 Å². The van der Waals surface area contributed by atoms with Crippen LogP contribution >= 0.6 is 0 Å². The Kier molecular flexibility index (Phi) is 2.37. The van der Waals surface area contributed by atoms with Crippen LogP contribution in [0.4, 0.5) is 0 Å². The maximum absolute atomic E-state index is 10.9. The number of aldehydes is 1. The standard InChI is InChI=1S/C7H6N2O3/c10-5-1-3-9-4-2-6(11)8-7(9)12/h1-5H,(H,8,11,12)/b3-1+. The lowest BCUT2D eigenvalue weighted by Crippen LogP contribution is -2.25. The fraction of sp³-hybridized carbons (Fsp3) is 0. The zero-order chi connectivity index (χ0) is 8.97. The first-order chi connectivity index (χ1) is 5.74. The van der Waals surface area contributed by atoms with Crippen LogP contribution in [0.1, 0.15) is 0 Å². The molecule has 5 heteroatoms. The molecule has 1 aromatic heterocycles. The molecule has 0 atom stereocenters. The number of nitrogens with zero attached hydrogens (tertiary/aromatic N) is 1. The number of H-pyrrole nitrogens is 1. The molecule has 0 aliphatic carbocycles. The maximum Gasteiger partial charge on any atom is 0.332 e. The Morgan fingerprint density at radius 3 is 2.75 bits per heavy atom. The molecule has 1 heterocycles. The third kappa shape index (κ3) is 1.79. The van der Waals surface area contributed by atoms with Gasteiger partial charge in [-0.15, -0.1) is 0 Å². The van der Waals surface area contributed by atoms with Gasteiger partial charge in [-0.3, -0.25) is 19.1 Å². The number of hydrogen-bond acceptors (Lipinski definition) is 3. The van der Waals surface area contributed by atoms with Gasteiger partial charge in [-0.25, -0.2) is 4.79 Å². The number of allylic oxidation sites excluding steroid dienone is 1. The number of rotatable bonds is 2. The maximum atomic E-state index is 10.9. The first-order valence-electron chi connectivity index (χ1n) is 3.17. The molecule has 62 valence electrons. The molecule has 0 aromatic carbocycles. The molecule has 0 fully saturated rings. The molecule has 0 bridgehead atoms. The second kappa shape index (κ2) is 3.47. The molecule has 5 nitrogen and oxygen atoms in total. The van der Waals surface area contributed by atoms with Crippen molar-refractivity contribution in [1.82, 2.24) is 9.55 Å². The highest BCUT2D eigenvalue weighted by molar-refractivity contribution is 5.69. The van der Waals surface area contributed by atoms with Gasteiger partial charge in [0.15, 0.2) is 0 Å². The second-order valence-electron chi connectivity index (χ2n) is 2.00. The Morgan fingerprint density at radius 1 is 1.42 bits per heavy atom. The Labute approximate surface area is 67.0 Å². The Hall–Kier alpha value is -1.91. The summed E-state index contributed by atoms with van der Waals surface area (Å²) in [5.74, 6) is 0. The smallest absolute Gasteiger partial charge is 0.299 e. The zero-order valence-corrected chi connectivity index (χ0v) is 6.06. The monoisotopic (exact) mass is 166 g/mol. The first-order valence-corrected chi connectivity index (χ1v) is 3.17. The highest BCUT2D eigenvalue weighted by Gasteiger charge is 1.89. The molecular formula is C7H6N2O3. The van der Waals surface area contributed by atoms with Gasteiger partial charge in [-0.1, -0.05) is 0 Å². The molecule has 0 aliphatic heterocycles. The minimum atomic E-state index is -0.569. The van der Waals surface area contributed by atoms with Crippen molar-refractivity contribution in [2.75, 3.05) is 0 Å². The van der Waals surface area contributed by atoms with E-state index in [1.807, 2.05) is 4.98 Å². The zero-order valence-electron chi connectivity index (χ0n) is 6.06. The number of carbonyl (C=O) groups excluding carboxylic acids is 1. The third-order valence-electron chi connectivity index (χ3n) is 1.18. The second-order valence-corrected chi connectivity index (χ2v) is 2.00. The van der Waals surface area contributed by atoms with E-state index in [4.69, 9.17) is 0 Å². The van der Waals surface area contributed by atoms with Crippen molar-refractivity contribution in [3.05, 3.63) is 39.2 Å². The van der Waals surface area contributed by atoms with Gasteiger partial charge in [0, 0.05) is 18.5 Å². The van der Waals surface area contributed by atoms with E-state index in [1.54, 1.807) is 0 Å². The van der Waals surface area contributed by atoms with Crippen LogP contribution in [0, 0.1) is 0 Å². The fourth-order valence-electron chi connectivity index (χ4n) is 0.673. The number of carbonyl (C=O) groups is 1. The Balaban J connectivity index is 3.19. The normalized spacial score (nSPS) is 10.3. The van der Waals surface area contributed by atoms with Gasteiger partial charge in [0.05, 0.1) is 0 Å². The predicted molar refractivity (Wildman–Crippen MR) is 42.7 cm³/mol. The SMILES string of the molecule is O=C/C=C/n1ccc(=O)[nH]c1=O. The molecule has 0 amide bonds. The van der Waals surface area contributed by atoms with Gasteiger partial charge in [0.1, 0.15) is 6.29 Å². The molecule has 0 radical (unpaired) electrons. The summed E-state index contributed by atoms with van der Waals surface area (Å²) in [7, 11) is 0. The number of nitrogens with one attached hydrogen (secondary N) is 1. The van der Waals surface area contributed by atoms with E-state index >= 15 is 0 Å². The van der Waals surface area contributed by atoms with E-state index in [-0.39, 0.29) is 0 Å². The average molecular weight is 166 g/mol. The van der Waals surface area contributed by atoms with Gasteiger partial charge in [-0.2, -0.15) is 0 Å². The molecule has 0 saturated carbocycles. The first kappa shape index (κ1) is 8.19. The molecule has 0 unspecified atom stereocenters. The summed E-state index contributed by atoms with van der Waals surface area (Å²) in [4.78, 5) is 33.4. The van der Waals surface area contributed by atoms with Crippen LogP contribution in [-0.2, 0) is 4.79 Å². The average Bonchev–Trinajstić information content (AvgIpc) is 2.03. The molecule has 1 aromatic rings. The summed E-state index contributed by atoms with van der Waals surface area (Å²) in [5.41, 5.74) is -1.03. The van der Waals surface area contributed by atoms with Crippen molar-refractivity contribution in [2.45, 2.75) is 0 Å². The topological polar surface area (TPSA) is 71.9 Å². The van der Waals surface area contributed by atoms with Crippen LogP contribution in [0.25, 0.3) is 6.20 Å². The van der Waals surface area contributed by atoms with E-state index in [0.717, 1.165) is 10.6 Å². The van der Waals surface area contributed by atoms with Crippen LogP contribution in [-0.4, -0.2) is 15.8 Å². The van der Waals surface area contributed by atoms with E-state index in [1.165, 1.54) is 18.5 Å². The molecule has 1 rings (SSSR count). The molecule has 0 aliphatic rings. The summed E-state index contributed by atoms with van der Waals surface area (Å²) in [6.07, 6.45) is 4.23. The minimum absolute atomic E-state index is 0.462. The van der Waals surface area contributed by atoms with Gasteiger partial charge in [0.2, 0.25) is 0 Å². The number of aromatic nitrogens is 2. The summed E-state index contributed by atoms with van der Waals surface area (Å²) in [6.45, 7) is 0. The lowest BCUT2D eigenvalue weighted by atomic mass is 10.6. The fourth-order valence-corrected chi connectivity index (χ4v) is 0.673.